The standard InChI is InChI=1S/C17H13N4S.Ir/c1-11-6-7-14(12(2)20-11)21-9-8-18-17(21)13-4-3-5-15-16(13)19-10-22-15;/h3,5-10H,1-2H3;/q-1;. The number of aryl methyl sites for hydroxylation is 2. The zero-order valence-corrected chi connectivity index (χ0v) is 15.8. The van der Waals surface area contributed by atoms with E-state index in [1.54, 1.807) is 17.5 Å². The van der Waals surface area contributed by atoms with E-state index in [1.807, 2.05) is 48.3 Å². The van der Waals surface area contributed by atoms with Gasteiger partial charge in [-0.2, -0.15) is 0 Å². The smallest absolute Gasteiger partial charge is 0.0674 e. The van der Waals surface area contributed by atoms with Crippen LogP contribution in [0.2, 0.25) is 0 Å². The minimum atomic E-state index is 0. The van der Waals surface area contributed by atoms with Gasteiger partial charge in [0.1, 0.15) is 0 Å². The van der Waals surface area contributed by atoms with E-state index in [0.717, 1.165) is 38.7 Å². The van der Waals surface area contributed by atoms with Crippen LogP contribution in [0.3, 0.4) is 0 Å². The molecule has 0 spiro atoms. The summed E-state index contributed by atoms with van der Waals surface area (Å²) in [6, 6.07) is 11.3. The van der Waals surface area contributed by atoms with Crippen molar-refractivity contribution in [2.24, 2.45) is 0 Å². The van der Waals surface area contributed by atoms with Crippen LogP contribution < -0.4 is 0 Å². The fourth-order valence-corrected chi connectivity index (χ4v) is 3.30. The van der Waals surface area contributed by atoms with Gasteiger partial charge in [0.25, 0.3) is 0 Å². The molecule has 6 heteroatoms. The molecule has 3 aromatic heterocycles. The van der Waals surface area contributed by atoms with Crippen LogP contribution in [0, 0.1) is 19.9 Å². The summed E-state index contributed by atoms with van der Waals surface area (Å²) in [7, 11) is 0. The van der Waals surface area contributed by atoms with Gasteiger partial charge in [-0.3, -0.25) is 15.0 Å². The number of thiazole rings is 1. The van der Waals surface area contributed by atoms with Crippen LogP contribution in [-0.4, -0.2) is 19.5 Å². The molecule has 4 nitrogen and oxygen atoms in total. The monoisotopic (exact) mass is 498 g/mol. The summed E-state index contributed by atoms with van der Waals surface area (Å²) in [5.74, 6) is 0.838. The van der Waals surface area contributed by atoms with E-state index in [1.165, 1.54) is 0 Å². The van der Waals surface area contributed by atoms with Crippen LogP contribution >= 0.6 is 11.3 Å². The molecule has 4 aromatic rings. The number of imidazole rings is 1. The third-order valence-corrected chi connectivity index (χ3v) is 4.41. The molecule has 0 bridgehead atoms. The van der Waals surface area contributed by atoms with Gasteiger partial charge in [-0.15, -0.1) is 29.5 Å². The molecule has 0 atom stereocenters. The fourth-order valence-electron chi connectivity index (χ4n) is 2.62. The topological polar surface area (TPSA) is 43.6 Å². The molecule has 117 valence electrons. The number of benzene rings is 1. The Morgan fingerprint density at radius 2 is 2.00 bits per heavy atom. The maximum absolute atomic E-state index is 4.54. The number of hydrogen-bond acceptors (Lipinski definition) is 4. The summed E-state index contributed by atoms with van der Waals surface area (Å²) < 4.78 is 3.19. The molecule has 0 aliphatic carbocycles. The quantitative estimate of drug-likeness (QED) is 0.394. The maximum Gasteiger partial charge on any atom is 0.0674 e. The number of fused-ring (bicyclic) bond motifs is 1. The van der Waals surface area contributed by atoms with Gasteiger partial charge in [0.2, 0.25) is 0 Å². The van der Waals surface area contributed by atoms with Crippen molar-refractivity contribution < 1.29 is 20.1 Å². The Balaban J connectivity index is 0.00000156. The zero-order valence-electron chi connectivity index (χ0n) is 12.6. The summed E-state index contributed by atoms with van der Waals surface area (Å²) in [4.78, 5) is 13.5. The minimum absolute atomic E-state index is 0. The fraction of sp³-hybridized carbons (Fsp3) is 0.118. The van der Waals surface area contributed by atoms with Crippen molar-refractivity contribution in [2.45, 2.75) is 13.8 Å². The minimum Gasteiger partial charge on any atom is -0.338 e. The van der Waals surface area contributed by atoms with E-state index in [0.29, 0.717) is 0 Å². The summed E-state index contributed by atoms with van der Waals surface area (Å²) >= 11 is 1.63. The second kappa shape index (κ2) is 6.32. The molecule has 0 aliphatic heterocycles. The Labute approximate surface area is 151 Å². The first kappa shape index (κ1) is 16.0. The van der Waals surface area contributed by atoms with E-state index >= 15 is 0 Å². The number of hydrogen-bond donors (Lipinski definition) is 0. The predicted molar refractivity (Wildman–Crippen MR) is 88.3 cm³/mol. The van der Waals surface area contributed by atoms with Crippen molar-refractivity contribution in [3.8, 4) is 17.1 Å². The summed E-state index contributed by atoms with van der Waals surface area (Å²) in [6.07, 6.45) is 3.75. The number of pyridine rings is 1. The third-order valence-electron chi connectivity index (χ3n) is 3.62. The Morgan fingerprint density at radius 3 is 2.83 bits per heavy atom. The molecular weight excluding hydrogens is 484 g/mol. The molecule has 0 unspecified atom stereocenters. The van der Waals surface area contributed by atoms with Crippen molar-refractivity contribution in [3.05, 3.63) is 59.6 Å². The molecule has 0 saturated heterocycles. The summed E-state index contributed by atoms with van der Waals surface area (Å²) in [5, 5.41) is 0. The molecule has 3 heterocycles. The van der Waals surface area contributed by atoms with E-state index < -0.39 is 0 Å². The van der Waals surface area contributed by atoms with Crippen molar-refractivity contribution in [3.63, 3.8) is 0 Å². The van der Waals surface area contributed by atoms with Crippen LogP contribution in [0.4, 0.5) is 0 Å². The van der Waals surface area contributed by atoms with Crippen LogP contribution in [0.25, 0.3) is 27.3 Å². The summed E-state index contributed by atoms with van der Waals surface area (Å²) in [5.41, 5.74) is 6.73. The van der Waals surface area contributed by atoms with Gasteiger partial charge >= 0.3 is 0 Å². The van der Waals surface area contributed by atoms with Crippen LogP contribution in [0.5, 0.6) is 0 Å². The molecular formula is C17H13IrN4S-. The molecule has 1 radical (unpaired) electrons. The molecule has 0 fully saturated rings. The van der Waals surface area contributed by atoms with Crippen molar-refractivity contribution in [2.75, 3.05) is 0 Å². The molecule has 0 amide bonds. The van der Waals surface area contributed by atoms with Gasteiger partial charge in [-0.1, -0.05) is 5.56 Å². The van der Waals surface area contributed by atoms with Gasteiger partial charge in [0, 0.05) is 43.7 Å². The Bertz CT molecular complexity index is 974. The predicted octanol–water partition coefficient (Wildman–Crippen LogP) is 3.96. The van der Waals surface area contributed by atoms with Crippen molar-refractivity contribution in [1.29, 1.82) is 0 Å². The van der Waals surface area contributed by atoms with Crippen molar-refractivity contribution >= 4 is 21.6 Å². The summed E-state index contributed by atoms with van der Waals surface area (Å²) in [6.45, 7) is 4.01. The average molecular weight is 498 g/mol. The van der Waals surface area contributed by atoms with Gasteiger partial charge in [0.05, 0.1) is 22.7 Å². The number of rotatable bonds is 2. The van der Waals surface area contributed by atoms with E-state index in [2.05, 4.69) is 27.1 Å². The number of nitrogens with zero attached hydrogens (tertiary/aromatic N) is 4. The molecule has 0 aliphatic rings. The van der Waals surface area contributed by atoms with E-state index in [-0.39, 0.29) is 20.1 Å². The maximum atomic E-state index is 4.54. The van der Waals surface area contributed by atoms with Gasteiger partial charge in [-0.25, -0.2) is 0 Å². The Kier molecular flexibility index (Phi) is 4.39. The first-order valence-corrected chi connectivity index (χ1v) is 7.84. The zero-order chi connectivity index (χ0) is 15.1. The van der Waals surface area contributed by atoms with E-state index in [4.69, 9.17) is 0 Å². The van der Waals surface area contributed by atoms with Crippen LogP contribution in [-0.2, 0) is 20.1 Å². The number of aromatic nitrogens is 4. The molecule has 0 N–H and O–H groups in total. The largest absolute Gasteiger partial charge is 0.338 e. The first-order chi connectivity index (χ1) is 10.7. The average Bonchev–Trinajstić information content (AvgIpc) is 3.15. The third kappa shape index (κ3) is 2.74. The molecule has 4 rings (SSSR count). The second-order valence-electron chi connectivity index (χ2n) is 5.10. The molecule has 0 saturated carbocycles. The normalized spacial score (nSPS) is 10.7. The van der Waals surface area contributed by atoms with Crippen LogP contribution in [0.1, 0.15) is 11.4 Å². The van der Waals surface area contributed by atoms with Gasteiger partial charge in [0.15, 0.2) is 0 Å². The van der Waals surface area contributed by atoms with Gasteiger partial charge in [-0.05, 0) is 30.7 Å². The first-order valence-electron chi connectivity index (χ1n) is 6.96. The van der Waals surface area contributed by atoms with Crippen LogP contribution in [0.15, 0.2) is 42.2 Å². The second-order valence-corrected chi connectivity index (χ2v) is 5.98. The Hall–Kier alpha value is -1.88. The molecule has 23 heavy (non-hydrogen) atoms. The van der Waals surface area contributed by atoms with Crippen molar-refractivity contribution in [1.82, 2.24) is 19.5 Å². The SMILES string of the molecule is Cc1ccc(-n2ccnc2-c2[c-]ccc3scnc23)c(C)n1.[Ir]. The molecule has 1 aromatic carbocycles. The van der Waals surface area contributed by atoms with Gasteiger partial charge < -0.3 is 4.57 Å². The Morgan fingerprint density at radius 1 is 1.13 bits per heavy atom. The van der Waals surface area contributed by atoms with E-state index in [9.17, 15) is 0 Å².